The number of nitro groups is 1. The van der Waals surface area contributed by atoms with Gasteiger partial charge in [-0.2, -0.15) is 0 Å². The van der Waals surface area contributed by atoms with Gasteiger partial charge in [0.25, 0.3) is 5.69 Å². The van der Waals surface area contributed by atoms with Crippen molar-refractivity contribution in [3.05, 3.63) is 64.0 Å². The second kappa shape index (κ2) is 4.48. The van der Waals surface area contributed by atoms with Gasteiger partial charge in [0.15, 0.2) is 11.6 Å². The molecule has 6 heteroatoms. The molecule has 0 heterocycles. The van der Waals surface area contributed by atoms with E-state index in [1.165, 1.54) is 0 Å². The van der Waals surface area contributed by atoms with Gasteiger partial charge in [-0.3, -0.25) is 10.1 Å². The number of rotatable bonds is 2. The van der Waals surface area contributed by atoms with Crippen LogP contribution in [0.1, 0.15) is 0 Å². The van der Waals surface area contributed by atoms with E-state index < -0.39 is 33.6 Å². The Balaban J connectivity index is 2.71. The van der Waals surface area contributed by atoms with Crippen molar-refractivity contribution in [1.29, 1.82) is 0 Å². The molecule has 0 aliphatic rings. The normalized spacial score (nSPS) is 10.4. The van der Waals surface area contributed by atoms with E-state index >= 15 is 0 Å². The molecule has 0 unspecified atom stereocenters. The quantitative estimate of drug-likeness (QED) is 0.605. The standard InChI is InChI=1S/C12H6F3NO2/c13-8-3-1-7(2-4-8)11-10(16(17)18)6-5-9(14)12(11)15/h1-6H. The first kappa shape index (κ1) is 12.1. The van der Waals surface area contributed by atoms with Gasteiger partial charge in [-0.25, -0.2) is 13.2 Å². The molecule has 18 heavy (non-hydrogen) atoms. The number of nitrogens with zero attached hydrogens (tertiary/aromatic N) is 1. The summed E-state index contributed by atoms with van der Waals surface area (Å²) < 4.78 is 39.5. The van der Waals surface area contributed by atoms with Crippen molar-refractivity contribution in [3.8, 4) is 11.1 Å². The molecule has 0 atom stereocenters. The number of halogens is 3. The lowest BCUT2D eigenvalue weighted by Crippen LogP contribution is -1.97. The molecule has 0 radical (unpaired) electrons. The average molecular weight is 253 g/mol. The Morgan fingerprint density at radius 1 is 0.944 bits per heavy atom. The van der Waals surface area contributed by atoms with E-state index in [1.807, 2.05) is 0 Å². The van der Waals surface area contributed by atoms with Gasteiger partial charge in [-0.15, -0.1) is 0 Å². The molecule has 0 aromatic heterocycles. The van der Waals surface area contributed by atoms with E-state index in [1.54, 1.807) is 0 Å². The third-order valence-corrected chi connectivity index (χ3v) is 2.40. The van der Waals surface area contributed by atoms with E-state index in [0.717, 1.165) is 30.3 Å². The van der Waals surface area contributed by atoms with Crippen LogP contribution < -0.4 is 0 Å². The van der Waals surface area contributed by atoms with Crippen LogP contribution in [-0.4, -0.2) is 4.92 Å². The predicted molar refractivity (Wildman–Crippen MR) is 58.4 cm³/mol. The number of benzene rings is 2. The summed E-state index contributed by atoms with van der Waals surface area (Å²) in [4.78, 5) is 9.95. The second-order valence-corrected chi connectivity index (χ2v) is 3.52. The van der Waals surface area contributed by atoms with Crippen molar-refractivity contribution in [2.75, 3.05) is 0 Å². The SMILES string of the molecule is O=[N+]([O-])c1ccc(F)c(F)c1-c1ccc(F)cc1. The summed E-state index contributed by atoms with van der Waals surface area (Å²) in [5, 5.41) is 10.8. The lowest BCUT2D eigenvalue weighted by Gasteiger charge is -2.05. The molecule has 92 valence electrons. The molecule has 0 saturated heterocycles. The minimum absolute atomic E-state index is 0.0418. The number of hydrogen-bond donors (Lipinski definition) is 0. The third-order valence-electron chi connectivity index (χ3n) is 2.40. The number of hydrogen-bond acceptors (Lipinski definition) is 2. The summed E-state index contributed by atoms with van der Waals surface area (Å²) in [5.74, 6) is -3.09. The Hall–Kier alpha value is -2.37. The molecule has 0 saturated carbocycles. The van der Waals surface area contributed by atoms with E-state index in [2.05, 4.69) is 0 Å². The van der Waals surface area contributed by atoms with Gasteiger partial charge in [0.2, 0.25) is 0 Å². The van der Waals surface area contributed by atoms with Crippen LogP contribution in [0.3, 0.4) is 0 Å². The zero-order valence-corrected chi connectivity index (χ0v) is 8.86. The molecule has 0 aliphatic heterocycles. The lowest BCUT2D eigenvalue weighted by molar-refractivity contribution is -0.384. The highest BCUT2D eigenvalue weighted by Gasteiger charge is 2.22. The summed E-state index contributed by atoms with van der Waals surface area (Å²) in [6, 6.07) is 5.89. The number of nitro benzene ring substituents is 1. The summed E-state index contributed by atoms with van der Waals surface area (Å²) >= 11 is 0. The molecule has 3 nitrogen and oxygen atoms in total. The first-order valence-corrected chi connectivity index (χ1v) is 4.89. The Morgan fingerprint density at radius 2 is 1.56 bits per heavy atom. The van der Waals surface area contributed by atoms with Crippen LogP contribution in [0.25, 0.3) is 11.1 Å². The van der Waals surface area contributed by atoms with Crippen LogP contribution in [0.15, 0.2) is 36.4 Å². The monoisotopic (exact) mass is 253 g/mol. The highest BCUT2D eigenvalue weighted by atomic mass is 19.2. The van der Waals surface area contributed by atoms with Gasteiger partial charge < -0.3 is 0 Å². The van der Waals surface area contributed by atoms with Gasteiger partial charge in [0.05, 0.1) is 10.5 Å². The van der Waals surface area contributed by atoms with E-state index in [9.17, 15) is 23.3 Å². The first-order valence-electron chi connectivity index (χ1n) is 4.89. The lowest BCUT2D eigenvalue weighted by atomic mass is 10.0. The van der Waals surface area contributed by atoms with Crippen LogP contribution in [0, 0.1) is 27.6 Å². The van der Waals surface area contributed by atoms with Crippen LogP contribution in [0.5, 0.6) is 0 Å². The summed E-state index contributed by atoms with van der Waals surface area (Å²) in [5.41, 5.74) is -1.01. The maximum absolute atomic E-state index is 13.6. The first-order chi connectivity index (χ1) is 8.50. The van der Waals surface area contributed by atoms with Crippen LogP contribution in [0.2, 0.25) is 0 Å². The second-order valence-electron chi connectivity index (χ2n) is 3.52. The molecule has 2 aromatic rings. The van der Waals surface area contributed by atoms with Gasteiger partial charge in [0, 0.05) is 6.07 Å². The van der Waals surface area contributed by atoms with E-state index in [0.29, 0.717) is 6.07 Å². The molecule has 2 aromatic carbocycles. The fourth-order valence-electron chi connectivity index (χ4n) is 1.58. The zero-order chi connectivity index (χ0) is 13.3. The fourth-order valence-corrected chi connectivity index (χ4v) is 1.58. The molecule has 0 fully saturated rings. The Bertz CT molecular complexity index is 611. The van der Waals surface area contributed by atoms with Crippen molar-refractivity contribution >= 4 is 5.69 Å². The Labute approximate surface area is 99.6 Å². The van der Waals surface area contributed by atoms with Gasteiger partial charge in [-0.1, -0.05) is 12.1 Å². The van der Waals surface area contributed by atoms with Gasteiger partial charge in [-0.05, 0) is 23.8 Å². The van der Waals surface area contributed by atoms with Crippen molar-refractivity contribution in [1.82, 2.24) is 0 Å². The van der Waals surface area contributed by atoms with Crippen molar-refractivity contribution in [2.24, 2.45) is 0 Å². The molecule has 0 bridgehead atoms. The van der Waals surface area contributed by atoms with Crippen molar-refractivity contribution in [3.63, 3.8) is 0 Å². The topological polar surface area (TPSA) is 43.1 Å². The largest absolute Gasteiger partial charge is 0.280 e. The molecule has 2 rings (SSSR count). The molecule has 0 amide bonds. The Kier molecular flexibility index (Phi) is 3.01. The summed E-state index contributed by atoms with van der Waals surface area (Å²) in [6.45, 7) is 0. The van der Waals surface area contributed by atoms with E-state index in [-0.39, 0.29) is 5.56 Å². The zero-order valence-electron chi connectivity index (χ0n) is 8.86. The average Bonchev–Trinajstić information content (AvgIpc) is 2.33. The highest BCUT2D eigenvalue weighted by Crippen LogP contribution is 2.33. The maximum Gasteiger partial charge on any atom is 0.280 e. The van der Waals surface area contributed by atoms with Crippen LogP contribution in [0.4, 0.5) is 18.9 Å². The van der Waals surface area contributed by atoms with Gasteiger partial charge in [0.1, 0.15) is 5.82 Å². The Morgan fingerprint density at radius 3 is 2.11 bits per heavy atom. The van der Waals surface area contributed by atoms with Gasteiger partial charge >= 0.3 is 0 Å². The predicted octanol–water partition coefficient (Wildman–Crippen LogP) is 3.68. The van der Waals surface area contributed by atoms with Crippen molar-refractivity contribution in [2.45, 2.75) is 0 Å². The minimum Gasteiger partial charge on any atom is -0.258 e. The molecular weight excluding hydrogens is 247 g/mol. The summed E-state index contributed by atoms with van der Waals surface area (Å²) in [7, 11) is 0. The molecule has 0 spiro atoms. The minimum atomic E-state index is -1.32. The smallest absolute Gasteiger partial charge is 0.258 e. The molecular formula is C12H6F3NO2. The summed E-state index contributed by atoms with van der Waals surface area (Å²) in [6.07, 6.45) is 0. The van der Waals surface area contributed by atoms with Crippen molar-refractivity contribution < 1.29 is 18.1 Å². The third kappa shape index (κ3) is 2.04. The van der Waals surface area contributed by atoms with Crippen LogP contribution >= 0.6 is 0 Å². The van der Waals surface area contributed by atoms with Crippen LogP contribution in [-0.2, 0) is 0 Å². The molecule has 0 N–H and O–H groups in total. The highest BCUT2D eigenvalue weighted by molar-refractivity contribution is 5.74. The maximum atomic E-state index is 13.6. The molecule has 0 aliphatic carbocycles. The van der Waals surface area contributed by atoms with E-state index in [4.69, 9.17) is 0 Å². The fraction of sp³-hybridized carbons (Fsp3) is 0.